The molecule has 0 aliphatic rings. The molecule has 0 atom stereocenters. The van der Waals surface area contributed by atoms with E-state index >= 15 is 0 Å². The third-order valence-corrected chi connectivity index (χ3v) is 3.57. The molecular weight excluding hydrogens is 302 g/mol. The Morgan fingerprint density at radius 2 is 2.00 bits per heavy atom. The van der Waals surface area contributed by atoms with E-state index in [4.69, 9.17) is 0 Å². The number of pyridine rings is 1. The molecule has 2 heterocycles. The summed E-state index contributed by atoms with van der Waals surface area (Å²) in [6.07, 6.45) is 4.09. The molecule has 0 saturated heterocycles. The van der Waals surface area contributed by atoms with Gasteiger partial charge in [-0.1, -0.05) is 22.0 Å². The molecule has 0 aliphatic carbocycles. The van der Waals surface area contributed by atoms with Crippen molar-refractivity contribution >= 4 is 27.3 Å². The second-order valence-electron chi connectivity index (χ2n) is 4.51. The van der Waals surface area contributed by atoms with Gasteiger partial charge in [0.25, 0.3) is 0 Å². The number of hydrogen-bond donors (Lipinski definition) is 1. The Labute approximate surface area is 120 Å². The SMILES string of the molecule is Cc1cccn2cc(CNc3ccc(Br)cc3)nc12. The minimum absolute atomic E-state index is 0.725. The summed E-state index contributed by atoms with van der Waals surface area (Å²) in [6, 6.07) is 12.3. The lowest BCUT2D eigenvalue weighted by Gasteiger charge is -2.03. The summed E-state index contributed by atoms with van der Waals surface area (Å²) in [7, 11) is 0. The van der Waals surface area contributed by atoms with Crippen LogP contribution in [-0.4, -0.2) is 9.38 Å². The van der Waals surface area contributed by atoms with Crippen LogP contribution in [0.3, 0.4) is 0 Å². The van der Waals surface area contributed by atoms with Crippen LogP contribution in [0.4, 0.5) is 5.69 Å². The number of halogens is 1. The molecule has 0 unspecified atom stereocenters. The molecular formula is C15H14BrN3. The van der Waals surface area contributed by atoms with Crippen molar-refractivity contribution in [2.75, 3.05) is 5.32 Å². The van der Waals surface area contributed by atoms with Gasteiger partial charge in [0.1, 0.15) is 5.65 Å². The maximum atomic E-state index is 4.64. The highest BCUT2D eigenvalue weighted by Crippen LogP contribution is 2.15. The normalized spacial score (nSPS) is 10.8. The molecule has 19 heavy (non-hydrogen) atoms. The first-order valence-electron chi connectivity index (χ1n) is 6.15. The summed E-state index contributed by atoms with van der Waals surface area (Å²) in [5, 5.41) is 3.37. The number of aromatic nitrogens is 2. The Bertz CT molecular complexity index is 701. The molecule has 1 N–H and O–H groups in total. The molecule has 0 amide bonds. The van der Waals surface area contributed by atoms with Gasteiger partial charge >= 0.3 is 0 Å². The van der Waals surface area contributed by atoms with E-state index in [9.17, 15) is 0 Å². The lowest BCUT2D eigenvalue weighted by molar-refractivity contribution is 1.08. The quantitative estimate of drug-likeness (QED) is 0.791. The fourth-order valence-electron chi connectivity index (χ4n) is 2.05. The summed E-state index contributed by atoms with van der Waals surface area (Å²) in [6.45, 7) is 2.80. The van der Waals surface area contributed by atoms with E-state index in [1.54, 1.807) is 0 Å². The maximum absolute atomic E-state index is 4.64. The molecule has 96 valence electrons. The van der Waals surface area contributed by atoms with Crippen molar-refractivity contribution in [1.29, 1.82) is 0 Å². The topological polar surface area (TPSA) is 29.3 Å². The third kappa shape index (κ3) is 2.63. The standard InChI is InChI=1S/C15H14BrN3/c1-11-3-2-8-19-10-14(18-15(11)19)9-17-13-6-4-12(16)5-7-13/h2-8,10,17H,9H2,1H3. The average Bonchev–Trinajstić information content (AvgIpc) is 2.83. The van der Waals surface area contributed by atoms with E-state index in [1.165, 1.54) is 5.56 Å². The van der Waals surface area contributed by atoms with Crippen LogP contribution in [0.5, 0.6) is 0 Å². The summed E-state index contributed by atoms with van der Waals surface area (Å²) >= 11 is 3.43. The first kappa shape index (κ1) is 12.2. The largest absolute Gasteiger partial charge is 0.379 e. The predicted molar refractivity (Wildman–Crippen MR) is 81.4 cm³/mol. The number of rotatable bonds is 3. The van der Waals surface area contributed by atoms with Crippen LogP contribution < -0.4 is 5.32 Å². The fraction of sp³-hybridized carbons (Fsp3) is 0.133. The summed E-state index contributed by atoms with van der Waals surface area (Å²) in [5.41, 5.74) is 4.35. The monoisotopic (exact) mass is 315 g/mol. The van der Waals surface area contributed by atoms with Crippen molar-refractivity contribution in [1.82, 2.24) is 9.38 Å². The smallest absolute Gasteiger partial charge is 0.140 e. The van der Waals surface area contributed by atoms with Crippen LogP contribution in [-0.2, 0) is 6.54 Å². The highest BCUT2D eigenvalue weighted by Gasteiger charge is 2.03. The van der Waals surface area contributed by atoms with Crippen LogP contribution in [0.1, 0.15) is 11.3 Å². The summed E-state index contributed by atoms with van der Waals surface area (Å²) < 4.78 is 3.15. The van der Waals surface area contributed by atoms with Crippen molar-refractivity contribution in [2.24, 2.45) is 0 Å². The number of aryl methyl sites for hydroxylation is 1. The number of nitrogens with one attached hydrogen (secondary N) is 1. The van der Waals surface area contributed by atoms with Crippen molar-refractivity contribution in [2.45, 2.75) is 13.5 Å². The van der Waals surface area contributed by atoms with Gasteiger partial charge < -0.3 is 9.72 Å². The fourth-order valence-corrected chi connectivity index (χ4v) is 2.31. The second-order valence-corrected chi connectivity index (χ2v) is 5.43. The number of imidazole rings is 1. The van der Waals surface area contributed by atoms with Gasteiger partial charge in [0.15, 0.2) is 0 Å². The summed E-state index contributed by atoms with van der Waals surface area (Å²) in [5.74, 6) is 0. The zero-order valence-corrected chi connectivity index (χ0v) is 12.2. The van der Waals surface area contributed by atoms with E-state index < -0.39 is 0 Å². The molecule has 0 fully saturated rings. The number of benzene rings is 1. The maximum Gasteiger partial charge on any atom is 0.140 e. The molecule has 0 saturated carbocycles. The predicted octanol–water partition coefficient (Wildman–Crippen LogP) is 4.02. The van der Waals surface area contributed by atoms with Crippen LogP contribution in [0.15, 0.2) is 53.3 Å². The molecule has 0 spiro atoms. The van der Waals surface area contributed by atoms with Gasteiger partial charge in [0.2, 0.25) is 0 Å². The second kappa shape index (κ2) is 5.05. The molecule has 2 aromatic heterocycles. The van der Waals surface area contributed by atoms with Crippen LogP contribution in [0.25, 0.3) is 5.65 Å². The number of nitrogens with zero attached hydrogens (tertiary/aromatic N) is 2. The average molecular weight is 316 g/mol. The minimum atomic E-state index is 0.725. The molecule has 3 rings (SSSR count). The van der Waals surface area contributed by atoms with Crippen molar-refractivity contribution in [3.05, 3.63) is 64.5 Å². The molecule has 3 nitrogen and oxygen atoms in total. The van der Waals surface area contributed by atoms with Gasteiger partial charge in [0, 0.05) is 22.6 Å². The van der Waals surface area contributed by atoms with Crippen molar-refractivity contribution in [3.63, 3.8) is 0 Å². The molecule has 0 radical (unpaired) electrons. The molecule has 0 aliphatic heterocycles. The van der Waals surface area contributed by atoms with Gasteiger partial charge in [0.05, 0.1) is 12.2 Å². The van der Waals surface area contributed by atoms with E-state index in [-0.39, 0.29) is 0 Å². The van der Waals surface area contributed by atoms with Crippen LogP contribution in [0, 0.1) is 6.92 Å². The highest BCUT2D eigenvalue weighted by atomic mass is 79.9. The van der Waals surface area contributed by atoms with E-state index in [1.807, 2.05) is 36.5 Å². The van der Waals surface area contributed by atoms with Crippen LogP contribution >= 0.6 is 15.9 Å². The molecule has 3 aromatic rings. The highest BCUT2D eigenvalue weighted by molar-refractivity contribution is 9.10. The first-order chi connectivity index (χ1) is 9.22. The van der Waals surface area contributed by atoms with Crippen molar-refractivity contribution in [3.8, 4) is 0 Å². The minimum Gasteiger partial charge on any atom is -0.379 e. The number of hydrogen-bond acceptors (Lipinski definition) is 2. The third-order valence-electron chi connectivity index (χ3n) is 3.05. The van der Waals surface area contributed by atoms with Crippen molar-refractivity contribution < 1.29 is 0 Å². The van der Waals surface area contributed by atoms with Gasteiger partial charge in [-0.25, -0.2) is 4.98 Å². The van der Waals surface area contributed by atoms with E-state index in [2.05, 4.69) is 49.8 Å². The molecule has 1 aromatic carbocycles. The number of fused-ring (bicyclic) bond motifs is 1. The zero-order valence-electron chi connectivity index (χ0n) is 10.6. The van der Waals surface area contributed by atoms with Gasteiger partial charge in [-0.2, -0.15) is 0 Å². The Morgan fingerprint density at radius 3 is 2.74 bits per heavy atom. The lowest BCUT2D eigenvalue weighted by atomic mass is 10.3. The van der Waals surface area contributed by atoms with Crippen LogP contribution in [0.2, 0.25) is 0 Å². The molecule has 4 heteroatoms. The summed E-state index contributed by atoms with van der Waals surface area (Å²) in [4.78, 5) is 4.64. The Balaban J connectivity index is 1.78. The first-order valence-corrected chi connectivity index (χ1v) is 6.94. The lowest BCUT2D eigenvalue weighted by Crippen LogP contribution is -1.99. The van der Waals surface area contributed by atoms with E-state index in [0.29, 0.717) is 0 Å². The van der Waals surface area contributed by atoms with Gasteiger partial charge in [-0.3, -0.25) is 0 Å². The Morgan fingerprint density at radius 1 is 1.21 bits per heavy atom. The van der Waals surface area contributed by atoms with Gasteiger partial charge in [-0.05, 0) is 42.8 Å². The zero-order chi connectivity index (χ0) is 13.2. The van der Waals surface area contributed by atoms with E-state index in [0.717, 1.165) is 28.0 Å². The number of anilines is 1. The Hall–Kier alpha value is -1.81. The Kier molecular flexibility index (Phi) is 3.25. The van der Waals surface area contributed by atoms with Gasteiger partial charge in [-0.15, -0.1) is 0 Å². The molecule has 0 bridgehead atoms.